The minimum Gasteiger partial charge on any atom is -0.326 e. The Kier molecular flexibility index (Phi) is 4.81. The molecular formula is C19H22N6O2. The van der Waals surface area contributed by atoms with Crippen LogP contribution in [0.5, 0.6) is 0 Å². The van der Waals surface area contributed by atoms with Crippen molar-refractivity contribution in [1.82, 2.24) is 20.0 Å². The molecule has 0 spiro atoms. The van der Waals surface area contributed by atoms with E-state index in [9.17, 15) is 9.59 Å². The normalized spacial score (nSPS) is 10.7. The summed E-state index contributed by atoms with van der Waals surface area (Å²) >= 11 is 0. The van der Waals surface area contributed by atoms with Gasteiger partial charge in [0, 0.05) is 36.6 Å². The number of hydrogen-bond acceptors (Lipinski definition) is 4. The maximum absolute atomic E-state index is 12.6. The lowest BCUT2D eigenvalue weighted by Crippen LogP contribution is -2.13. The maximum atomic E-state index is 12.6. The molecule has 2 amide bonds. The highest BCUT2D eigenvalue weighted by molar-refractivity contribution is 6.04. The molecule has 0 aliphatic rings. The molecule has 0 bridgehead atoms. The van der Waals surface area contributed by atoms with Crippen LogP contribution in [0, 0.1) is 20.8 Å². The molecule has 0 saturated heterocycles. The molecule has 0 aliphatic heterocycles. The van der Waals surface area contributed by atoms with Crippen molar-refractivity contribution < 1.29 is 9.59 Å². The number of rotatable bonds is 4. The first-order valence-corrected chi connectivity index (χ1v) is 8.52. The van der Waals surface area contributed by atoms with Crippen molar-refractivity contribution in [2.24, 2.45) is 7.05 Å². The zero-order valence-electron chi connectivity index (χ0n) is 16.0. The Labute approximate surface area is 157 Å². The van der Waals surface area contributed by atoms with Crippen LogP contribution in [0.4, 0.5) is 11.4 Å². The number of nitrogens with zero attached hydrogens (tertiary/aromatic N) is 3. The molecule has 27 heavy (non-hydrogen) atoms. The molecule has 3 rings (SSSR count). The molecular weight excluding hydrogens is 344 g/mol. The van der Waals surface area contributed by atoms with Crippen LogP contribution in [0.25, 0.3) is 11.3 Å². The third-order valence-electron chi connectivity index (χ3n) is 4.39. The molecule has 140 valence electrons. The number of amides is 2. The van der Waals surface area contributed by atoms with Crippen LogP contribution in [0.1, 0.15) is 34.4 Å². The SMILES string of the molecule is CC(=O)Nc1cc(NC(=O)c2cc(-c3c(C)nn(C)c3C)n[nH]2)ccc1C. The van der Waals surface area contributed by atoms with Crippen LogP contribution < -0.4 is 10.6 Å². The van der Waals surface area contributed by atoms with Gasteiger partial charge in [-0.3, -0.25) is 19.4 Å². The molecule has 0 aliphatic carbocycles. The number of aromatic amines is 1. The van der Waals surface area contributed by atoms with Crippen molar-refractivity contribution in [1.29, 1.82) is 0 Å². The van der Waals surface area contributed by atoms with Crippen molar-refractivity contribution in [3.8, 4) is 11.3 Å². The minimum absolute atomic E-state index is 0.165. The lowest BCUT2D eigenvalue weighted by Gasteiger charge is -2.10. The van der Waals surface area contributed by atoms with E-state index in [-0.39, 0.29) is 11.8 Å². The predicted molar refractivity (Wildman–Crippen MR) is 104 cm³/mol. The number of aromatic nitrogens is 4. The summed E-state index contributed by atoms with van der Waals surface area (Å²) in [5.41, 5.74) is 5.91. The van der Waals surface area contributed by atoms with E-state index in [0.29, 0.717) is 22.8 Å². The van der Waals surface area contributed by atoms with Crippen molar-refractivity contribution in [3.63, 3.8) is 0 Å². The third kappa shape index (κ3) is 3.74. The molecule has 3 aromatic rings. The fraction of sp³-hybridized carbons (Fsp3) is 0.263. The summed E-state index contributed by atoms with van der Waals surface area (Å²) in [6, 6.07) is 7.05. The summed E-state index contributed by atoms with van der Waals surface area (Å²) in [5.74, 6) is -0.479. The zero-order valence-corrected chi connectivity index (χ0v) is 16.0. The Morgan fingerprint density at radius 1 is 1.11 bits per heavy atom. The van der Waals surface area contributed by atoms with Gasteiger partial charge in [0.2, 0.25) is 5.91 Å². The first kappa shape index (κ1) is 18.4. The Morgan fingerprint density at radius 3 is 2.48 bits per heavy atom. The van der Waals surface area contributed by atoms with E-state index in [1.807, 2.05) is 33.9 Å². The number of hydrogen-bond donors (Lipinski definition) is 3. The molecule has 8 nitrogen and oxygen atoms in total. The highest BCUT2D eigenvalue weighted by Gasteiger charge is 2.17. The van der Waals surface area contributed by atoms with Gasteiger partial charge in [0.15, 0.2) is 0 Å². The number of carbonyl (C=O) groups is 2. The zero-order chi connectivity index (χ0) is 19.7. The molecule has 0 radical (unpaired) electrons. The van der Waals surface area contributed by atoms with E-state index in [0.717, 1.165) is 22.5 Å². The second-order valence-electron chi connectivity index (χ2n) is 6.50. The summed E-state index contributed by atoms with van der Waals surface area (Å²) in [7, 11) is 1.87. The lowest BCUT2D eigenvalue weighted by atomic mass is 10.1. The van der Waals surface area contributed by atoms with Gasteiger partial charge in [-0.05, 0) is 44.5 Å². The highest BCUT2D eigenvalue weighted by Crippen LogP contribution is 2.26. The second-order valence-corrected chi connectivity index (χ2v) is 6.50. The fourth-order valence-corrected chi connectivity index (χ4v) is 2.93. The van der Waals surface area contributed by atoms with Gasteiger partial charge < -0.3 is 10.6 Å². The quantitative estimate of drug-likeness (QED) is 0.660. The van der Waals surface area contributed by atoms with Crippen LogP contribution in [-0.4, -0.2) is 31.8 Å². The van der Waals surface area contributed by atoms with E-state index >= 15 is 0 Å². The fourth-order valence-electron chi connectivity index (χ4n) is 2.93. The standard InChI is InChI=1S/C19H22N6O2/c1-10-6-7-14(8-15(10)20-13(4)26)21-19(27)17-9-16(22-23-17)18-11(2)24-25(5)12(18)3/h6-9H,1-5H3,(H,20,26)(H,21,27)(H,22,23). The van der Waals surface area contributed by atoms with Crippen LogP contribution in [0.2, 0.25) is 0 Å². The number of benzene rings is 1. The summed E-state index contributed by atoms with van der Waals surface area (Å²) in [5, 5.41) is 17.0. The van der Waals surface area contributed by atoms with Crippen LogP contribution in [0.3, 0.4) is 0 Å². The second kappa shape index (κ2) is 7.06. The Balaban J connectivity index is 1.82. The largest absolute Gasteiger partial charge is 0.326 e. The number of anilines is 2. The molecule has 8 heteroatoms. The van der Waals surface area contributed by atoms with Crippen molar-refractivity contribution in [2.45, 2.75) is 27.7 Å². The van der Waals surface area contributed by atoms with Gasteiger partial charge in [0.1, 0.15) is 5.69 Å². The summed E-state index contributed by atoms with van der Waals surface area (Å²) in [6.45, 7) is 7.20. The molecule has 0 unspecified atom stereocenters. The van der Waals surface area contributed by atoms with E-state index < -0.39 is 0 Å². The summed E-state index contributed by atoms with van der Waals surface area (Å²) in [6.07, 6.45) is 0. The predicted octanol–water partition coefficient (Wildman–Crippen LogP) is 2.95. The molecule has 1 aromatic carbocycles. The van der Waals surface area contributed by atoms with Gasteiger partial charge in [0.05, 0.1) is 11.4 Å². The molecule has 2 aromatic heterocycles. The number of aryl methyl sites for hydroxylation is 3. The monoisotopic (exact) mass is 366 g/mol. The van der Waals surface area contributed by atoms with Gasteiger partial charge in [-0.1, -0.05) is 6.07 Å². The number of H-pyrrole nitrogens is 1. The topological polar surface area (TPSA) is 105 Å². The number of carbonyl (C=O) groups excluding carboxylic acids is 2. The first-order valence-electron chi connectivity index (χ1n) is 8.52. The molecule has 3 N–H and O–H groups in total. The molecule has 0 atom stereocenters. The third-order valence-corrected chi connectivity index (χ3v) is 4.39. The van der Waals surface area contributed by atoms with Crippen LogP contribution >= 0.6 is 0 Å². The van der Waals surface area contributed by atoms with Crippen molar-refractivity contribution in [2.75, 3.05) is 10.6 Å². The first-order chi connectivity index (χ1) is 12.8. The molecule has 2 heterocycles. The average molecular weight is 366 g/mol. The summed E-state index contributed by atoms with van der Waals surface area (Å²) < 4.78 is 1.79. The smallest absolute Gasteiger partial charge is 0.273 e. The number of nitrogens with one attached hydrogen (secondary N) is 3. The van der Waals surface area contributed by atoms with E-state index in [1.165, 1.54) is 6.92 Å². The van der Waals surface area contributed by atoms with Crippen molar-refractivity contribution in [3.05, 3.63) is 46.9 Å². The van der Waals surface area contributed by atoms with E-state index in [4.69, 9.17) is 0 Å². The van der Waals surface area contributed by atoms with E-state index in [1.54, 1.807) is 22.9 Å². The van der Waals surface area contributed by atoms with Gasteiger partial charge in [-0.25, -0.2) is 0 Å². The Hall–Kier alpha value is -3.42. The van der Waals surface area contributed by atoms with Gasteiger partial charge in [0.25, 0.3) is 5.91 Å². The van der Waals surface area contributed by atoms with Gasteiger partial charge >= 0.3 is 0 Å². The van der Waals surface area contributed by atoms with Gasteiger partial charge in [-0.15, -0.1) is 0 Å². The molecule has 0 fully saturated rings. The van der Waals surface area contributed by atoms with Crippen LogP contribution in [0.15, 0.2) is 24.3 Å². The average Bonchev–Trinajstić information content (AvgIpc) is 3.15. The summed E-state index contributed by atoms with van der Waals surface area (Å²) in [4.78, 5) is 23.9. The highest BCUT2D eigenvalue weighted by atomic mass is 16.2. The lowest BCUT2D eigenvalue weighted by molar-refractivity contribution is -0.114. The van der Waals surface area contributed by atoms with Gasteiger partial charge in [-0.2, -0.15) is 10.2 Å². The molecule has 0 saturated carbocycles. The maximum Gasteiger partial charge on any atom is 0.273 e. The minimum atomic E-state index is -0.314. The van der Waals surface area contributed by atoms with E-state index in [2.05, 4.69) is 25.9 Å². The Bertz CT molecular complexity index is 1030. The Morgan fingerprint density at radius 2 is 1.85 bits per heavy atom. The van der Waals surface area contributed by atoms with Crippen molar-refractivity contribution >= 4 is 23.2 Å². The van der Waals surface area contributed by atoms with Crippen LogP contribution in [-0.2, 0) is 11.8 Å².